The van der Waals surface area contributed by atoms with Crippen LogP contribution < -0.4 is 23.9 Å². The van der Waals surface area contributed by atoms with E-state index in [0.29, 0.717) is 28.7 Å². The molecule has 4 aromatic rings. The van der Waals surface area contributed by atoms with Crippen LogP contribution in [0.1, 0.15) is 16.7 Å². The minimum Gasteiger partial charge on any atom is -0.497 e. The molecule has 11 heteroatoms. The van der Waals surface area contributed by atoms with Crippen LogP contribution in [0.5, 0.6) is 17.2 Å². The molecule has 0 spiro atoms. The molecule has 0 fully saturated rings. The smallest absolute Gasteiger partial charge is 0.264 e. The molecule has 0 aliphatic carbocycles. The Bertz CT molecular complexity index is 1660. The molecule has 0 saturated carbocycles. The van der Waals surface area contributed by atoms with E-state index >= 15 is 0 Å². The number of sulfonamides is 1. The molecule has 0 aromatic heterocycles. The van der Waals surface area contributed by atoms with Gasteiger partial charge in [0.05, 0.1) is 31.0 Å². The Hall–Kier alpha value is -4.54. The fourth-order valence-electron chi connectivity index (χ4n) is 3.90. The van der Waals surface area contributed by atoms with Crippen LogP contribution in [0.2, 0.25) is 5.02 Å². The largest absolute Gasteiger partial charge is 0.497 e. The Balaban J connectivity index is 1.48. The maximum atomic E-state index is 13.7. The number of nitrogens with zero attached hydrogens (tertiary/aromatic N) is 2. The highest BCUT2D eigenvalue weighted by molar-refractivity contribution is 7.92. The number of ether oxygens (including phenoxy) is 3. The molecule has 0 saturated heterocycles. The Labute approximate surface area is 250 Å². The van der Waals surface area contributed by atoms with Crippen molar-refractivity contribution < 1.29 is 27.4 Å². The number of rotatable bonds is 12. The van der Waals surface area contributed by atoms with Crippen molar-refractivity contribution in [1.29, 1.82) is 0 Å². The molecular weight excluding hydrogens is 578 g/mol. The number of anilines is 1. The van der Waals surface area contributed by atoms with Crippen LogP contribution in [0, 0.1) is 6.92 Å². The van der Waals surface area contributed by atoms with E-state index < -0.39 is 22.5 Å². The van der Waals surface area contributed by atoms with Crippen LogP contribution >= 0.6 is 11.6 Å². The zero-order valence-electron chi connectivity index (χ0n) is 23.3. The molecule has 218 valence electrons. The van der Waals surface area contributed by atoms with Gasteiger partial charge in [-0.15, -0.1) is 0 Å². The summed E-state index contributed by atoms with van der Waals surface area (Å²) in [7, 11) is -1.29. The molecule has 4 aromatic carbocycles. The maximum absolute atomic E-state index is 13.7. The average Bonchev–Trinajstić information content (AvgIpc) is 3.00. The average molecular weight is 608 g/mol. The highest BCUT2D eigenvalue weighted by atomic mass is 35.5. The third kappa shape index (κ3) is 7.59. The lowest BCUT2D eigenvalue weighted by atomic mass is 10.2. The first-order valence-electron chi connectivity index (χ1n) is 12.8. The number of amides is 1. The van der Waals surface area contributed by atoms with Gasteiger partial charge in [0, 0.05) is 16.7 Å². The van der Waals surface area contributed by atoms with E-state index in [9.17, 15) is 13.2 Å². The lowest BCUT2D eigenvalue weighted by Crippen LogP contribution is -2.39. The van der Waals surface area contributed by atoms with Crippen LogP contribution in [0.25, 0.3) is 0 Å². The van der Waals surface area contributed by atoms with Gasteiger partial charge >= 0.3 is 0 Å². The quantitative estimate of drug-likeness (QED) is 0.166. The summed E-state index contributed by atoms with van der Waals surface area (Å²) in [5.41, 5.74) is 5.01. The molecule has 1 N–H and O–H groups in total. The van der Waals surface area contributed by atoms with Crippen molar-refractivity contribution in [2.45, 2.75) is 18.4 Å². The van der Waals surface area contributed by atoms with Gasteiger partial charge in [0.15, 0.2) is 0 Å². The van der Waals surface area contributed by atoms with E-state index in [0.717, 1.165) is 15.4 Å². The Morgan fingerprint density at radius 1 is 0.929 bits per heavy atom. The van der Waals surface area contributed by atoms with Gasteiger partial charge in [0.1, 0.15) is 30.4 Å². The minimum absolute atomic E-state index is 0.0196. The summed E-state index contributed by atoms with van der Waals surface area (Å²) < 4.78 is 44.9. The monoisotopic (exact) mass is 607 g/mol. The number of carbonyl (C=O) groups excluding carboxylic acids is 1. The topological polar surface area (TPSA) is 107 Å². The van der Waals surface area contributed by atoms with Gasteiger partial charge in [-0.2, -0.15) is 5.10 Å². The maximum Gasteiger partial charge on any atom is 0.264 e. The van der Waals surface area contributed by atoms with E-state index in [2.05, 4.69) is 10.5 Å². The van der Waals surface area contributed by atoms with E-state index in [1.165, 1.54) is 38.6 Å². The Morgan fingerprint density at radius 2 is 1.62 bits per heavy atom. The van der Waals surface area contributed by atoms with Crippen molar-refractivity contribution >= 4 is 39.4 Å². The molecule has 0 aliphatic heterocycles. The van der Waals surface area contributed by atoms with E-state index in [4.69, 9.17) is 25.8 Å². The molecule has 0 atom stereocenters. The molecule has 0 radical (unpaired) electrons. The standard InChI is InChI=1S/C31H30ClN3O6S/c1-22-8-15-27(16-9-22)42(37,38)35(29-18-26(39-2)14-17-30(29)40-3)20-31(36)34-33-19-23-10-12-25(13-11-23)41-21-24-6-4-5-7-28(24)32/h4-19H,20-21H2,1-3H3,(H,34,36)/b33-19-. The van der Waals surface area contributed by atoms with Gasteiger partial charge in [0.25, 0.3) is 15.9 Å². The number of hydrogen-bond donors (Lipinski definition) is 1. The van der Waals surface area contributed by atoms with E-state index in [1.807, 2.05) is 25.1 Å². The molecule has 1 amide bonds. The molecule has 0 unspecified atom stereocenters. The zero-order valence-corrected chi connectivity index (χ0v) is 24.9. The van der Waals surface area contributed by atoms with Crippen LogP contribution in [-0.4, -0.2) is 41.3 Å². The molecule has 0 bridgehead atoms. The number of methoxy groups -OCH3 is 2. The molecular formula is C31H30ClN3O6S. The number of halogens is 1. The second-order valence-electron chi connectivity index (χ2n) is 9.10. The fraction of sp³-hybridized carbons (Fsp3) is 0.161. The molecule has 42 heavy (non-hydrogen) atoms. The summed E-state index contributed by atoms with van der Waals surface area (Å²) in [5, 5.41) is 4.64. The first kappa shape index (κ1) is 30.4. The summed E-state index contributed by atoms with van der Waals surface area (Å²) in [6, 6.07) is 25.6. The third-order valence-corrected chi connectivity index (χ3v) is 8.33. The second-order valence-corrected chi connectivity index (χ2v) is 11.4. The Kier molecular flexibility index (Phi) is 10.1. The number of aryl methyl sites for hydroxylation is 1. The highest BCUT2D eigenvalue weighted by Gasteiger charge is 2.30. The van der Waals surface area contributed by atoms with Crippen molar-refractivity contribution in [3.8, 4) is 17.2 Å². The molecule has 0 heterocycles. The first-order chi connectivity index (χ1) is 20.2. The van der Waals surface area contributed by atoms with Crippen LogP contribution in [-0.2, 0) is 21.4 Å². The lowest BCUT2D eigenvalue weighted by molar-refractivity contribution is -0.119. The van der Waals surface area contributed by atoms with Gasteiger partial charge in [-0.3, -0.25) is 9.10 Å². The predicted octanol–water partition coefficient (Wildman–Crippen LogP) is 5.59. The van der Waals surface area contributed by atoms with Crippen LogP contribution in [0.3, 0.4) is 0 Å². The number of benzene rings is 4. The molecule has 0 aliphatic rings. The minimum atomic E-state index is -4.17. The van der Waals surface area contributed by atoms with Crippen molar-refractivity contribution in [2.24, 2.45) is 5.10 Å². The molecule has 4 rings (SSSR count). The van der Waals surface area contributed by atoms with Gasteiger partial charge in [-0.05, 0) is 67.1 Å². The van der Waals surface area contributed by atoms with Gasteiger partial charge in [-0.25, -0.2) is 13.8 Å². The fourth-order valence-corrected chi connectivity index (χ4v) is 5.51. The van der Waals surface area contributed by atoms with Gasteiger partial charge in [-0.1, -0.05) is 47.5 Å². The van der Waals surface area contributed by atoms with Gasteiger partial charge < -0.3 is 14.2 Å². The van der Waals surface area contributed by atoms with E-state index in [1.54, 1.807) is 54.6 Å². The SMILES string of the molecule is COc1ccc(OC)c(N(CC(=O)N/N=C\c2ccc(OCc3ccccc3Cl)cc2)S(=O)(=O)c2ccc(C)cc2)c1. The van der Waals surface area contributed by atoms with Crippen molar-refractivity contribution in [3.63, 3.8) is 0 Å². The second kappa shape index (κ2) is 13.9. The number of nitrogens with one attached hydrogen (secondary N) is 1. The number of hydrazone groups is 1. The Morgan fingerprint density at radius 3 is 2.29 bits per heavy atom. The van der Waals surface area contributed by atoms with E-state index in [-0.39, 0.29) is 16.3 Å². The van der Waals surface area contributed by atoms with Crippen molar-refractivity contribution in [1.82, 2.24) is 5.43 Å². The normalized spacial score (nSPS) is 11.2. The van der Waals surface area contributed by atoms with Gasteiger partial charge in [0.2, 0.25) is 0 Å². The lowest BCUT2D eigenvalue weighted by Gasteiger charge is -2.25. The third-order valence-electron chi connectivity index (χ3n) is 6.19. The molecule has 9 nitrogen and oxygen atoms in total. The predicted molar refractivity (Wildman–Crippen MR) is 163 cm³/mol. The van der Waals surface area contributed by atoms with Crippen molar-refractivity contribution in [2.75, 3.05) is 25.1 Å². The summed E-state index contributed by atoms with van der Waals surface area (Å²) in [6.45, 7) is 1.61. The van der Waals surface area contributed by atoms with Crippen LogP contribution in [0.15, 0.2) is 101 Å². The van der Waals surface area contributed by atoms with Crippen molar-refractivity contribution in [3.05, 3.63) is 113 Å². The number of carbonyl (C=O) groups is 1. The first-order valence-corrected chi connectivity index (χ1v) is 14.6. The summed E-state index contributed by atoms with van der Waals surface area (Å²) in [5.74, 6) is 0.624. The summed E-state index contributed by atoms with van der Waals surface area (Å²) in [6.07, 6.45) is 1.45. The highest BCUT2D eigenvalue weighted by Crippen LogP contribution is 2.35. The summed E-state index contributed by atoms with van der Waals surface area (Å²) in [4.78, 5) is 13.0. The number of hydrogen-bond acceptors (Lipinski definition) is 7. The van der Waals surface area contributed by atoms with Crippen LogP contribution in [0.4, 0.5) is 5.69 Å². The zero-order chi connectivity index (χ0) is 30.1. The summed E-state index contributed by atoms with van der Waals surface area (Å²) >= 11 is 6.17.